The van der Waals surface area contributed by atoms with Gasteiger partial charge >= 0.3 is 11.9 Å². The van der Waals surface area contributed by atoms with Gasteiger partial charge in [-0.1, -0.05) is 13.3 Å². The van der Waals surface area contributed by atoms with Gasteiger partial charge in [0, 0.05) is 13.1 Å². The molecule has 26 heavy (non-hydrogen) atoms. The summed E-state index contributed by atoms with van der Waals surface area (Å²) in [5, 5.41) is 21.0. The Labute approximate surface area is 154 Å². The normalized spacial score (nSPS) is 17.9. The number of nitrogens with one attached hydrogen (secondary N) is 1. The van der Waals surface area contributed by atoms with Gasteiger partial charge in [-0.25, -0.2) is 0 Å². The fraction of sp³-hybridized carbons (Fsp3) is 0.824. The second-order valence-electron chi connectivity index (χ2n) is 6.89. The number of rotatable bonds is 11. The van der Waals surface area contributed by atoms with Crippen molar-refractivity contribution in [2.24, 2.45) is 5.73 Å². The first kappa shape index (κ1) is 22.3. The minimum Gasteiger partial charge on any atom is -0.480 e. The molecule has 9 heteroatoms. The van der Waals surface area contributed by atoms with E-state index in [1.54, 1.807) is 11.9 Å². The van der Waals surface area contributed by atoms with Gasteiger partial charge in [0.1, 0.15) is 5.54 Å². The summed E-state index contributed by atoms with van der Waals surface area (Å²) in [6.07, 6.45) is 2.79. The number of unbranched alkanes of at least 4 members (excludes halogenated alkanes) is 1. The lowest BCUT2D eigenvalue weighted by molar-refractivity contribution is -0.148. The molecule has 1 amide bonds. The molecule has 1 heterocycles. The smallest absolute Gasteiger partial charge is 0.323 e. The predicted octanol–water partition coefficient (Wildman–Crippen LogP) is -0.444. The molecule has 0 bridgehead atoms. The number of carbonyl (C=O) groups is 3. The van der Waals surface area contributed by atoms with E-state index in [9.17, 15) is 14.4 Å². The summed E-state index contributed by atoms with van der Waals surface area (Å²) in [5.74, 6) is -1.88. The number of nitrogens with two attached hydrogens (primary N) is 1. The molecule has 1 rings (SSSR count). The van der Waals surface area contributed by atoms with E-state index in [-0.39, 0.29) is 31.3 Å². The number of carbonyl (C=O) groups excluding carboxylic acids is 1. The van der Waals surface area contributed by atoms with Gasteiger partial charge in [-0.05, 0) is 45.8 Å². The van der Waals surface area contributed by atoms with Crippen LogP contribution in [0.4, 0.5) is 0 Å². The number of likely N-dealkylation sites (N-methyl/N-ethyl adjacent to an activating group) is 2. The number of carboxylic acid groups (broad SMARTS) is 2. The average molecular weight is 372 g/mol. The van der Waals surface area contributed by atoms with Gasteiger partial charge in [-0.15, -0.1) is 0 Å². The Morgan fingerprint density at radius 2 is 1.85 bits per heavy atom. The number of aliphatic carboxylic acids is 2. The maximum Gasteiger partial charge on any atom is 0.323 e. The Balaban J connectivity index is 2.40. The first-order chi connectivity index (χ1) is 12.2. The van der Waals surface area contributed by atoms with Crippen molar-refractivity contribution in [3.8, 4) is 0 Å². The van der Waals surface area contributed by atoms with Crippen LogP contribution in [0.1, 0.15) is 39.0 Å². The summed E-state index contributed by atoms with van der Waals surface area (Å²) in [6, 6.07) is -0.320. The van der Waals surface area contributed by atoms with Gasteiger partial charge in [0.15, 0.2) is 0 Å². The molecule has 0 saturated carbocycles. The van der Waals surface area contributed by atoms with Crippen LogP contribution in [0.3, 0.4) is 0 Å². The lowest BCUT2D eigenvalue weighted by Gasteiger charge is -2.37. The molecule has 5 N–H and O–H groups in total. The topological polar surface area (TPSA) is 136 Å². The molecule has 0 aromatic heterocycles. The van der Waals surface area contributed by atoms with E-state index in [1.165, 1.54) is 0 Å². The molecule has 1 aliphatic rings. The molecular formula is C17H32N4O5. The van der Waals surface area contributed by atoms with Gasteiger partial charge in [0.05, 0.1) is 12.6 Å². The molecule has 1 aliphatic heterocycles. The van der Waals surface area contributed by atoms with Crippen molar-refractivity contribution in [3.05, 3.63) is 0 Å². The van der Waals surface area contributed by atoms with E-state index in [0.717, 1.165) is 12.8 Å². The summed E-state index contributed by atoms with van der Waals surface area (Å²) < 4.78 is 0. The van der Waals surface area contributed by atoms with Gasteiger partial charge in [-0.3, -0.25) is 19.3 Å². The molecule has 1 saturated heterocycles. The molecule has 0 spiro atoms. The van der Waals surface area contributed by atoms with E-state index in [4.69, 9.17) is 15.9 Å². The third kappa shape index (κ3) is 6.54. The number of amides is 1. The Hall–Kier alpha value is -1.71. The van der Waals surface area contributed by atoms with Crippen LogP contribution in [0.2, 0.25) is 0 Å². The summed E-state index contributed by atoms with van der Waals surface area (Å²) in [4.78, 5) is 38.1. The van der Waals surface area contributed by atoms with Crippen molar-refractivity contribution < 1.29 is 24.6 Å². The second-order valence-corrected chi connectivity index (χ2v) is 6.89. The zero-order valence-electron chi connectivity index (χ0n) is 15.7. The van der Waals surface area contributed by atoms with Gasteiger partial charge in [0.25, 0.3) is 0 Å². The Morgan fingerprint density at radius 1 is 1.23 bits per heavy atom. The lowest BCUT2D eigenvalue weighted by atomic mass is 9.88. The first-order valence-corrected chi connectivity index (χ1v) is 9.16. The average Bonchev–Trinajstić information content (AvgIpc) is 2.60. The molecular weight excluding hydrogens is 340 g/mol. The van der Waals surface area contributed by atoms with E-state index in [1.807, 2.05) is 11.8 Å². The monoisotopic (exact) mass is 372 g/mol. The SMILES string of the molecule is CCN(CCCCC(NC)C(=O)N1CCC(N)(C(=O)O)CC1)CC(=O)O. The van der Waals surface area contributed by atoms with Crippen LogP contribution in [0.15, 0.2) is 0 Å². The predicted molar refractivity (Wildman–Crippen MR) is 96.8 cm³/mol. The minimum absolute atomic E-state index is 0.0298. The molecule has 0 aromatic rings. The highest BCUT2D eigenvalue weighted by atomic mass is 16.4. The van der Waals surface area contributed by atoms with Crippen molar-refractivity contribution in [2.45, 2.75) is 50.6 Å². The van der Waals surface area contributed by atoms with Crippen LogP contribution < -0.4 is 11.1 Å². The highest BCUT2D eigenvalue weighted by molar-refractivity contribution is 5.83. The summed E-state index contributed by atoms with van der Waals surface area (Å²) in [5.41, 5.74) is 4.61. The van der Waals surface area contributed by atoms with Crippen molar-refractivity contribution in [2.75, 3.05) is 39.8 Å². The van der Waals surface area contributed by atoms with Crippen LogP contribution in [-0.4, -0.2) is 89.2 Å². The standard InChI is InChI=1S/C17H32N4O5/c1-3-20(12-14(22)23)9-5-4-6-13(19-2)15(24)21-10-7-17(18,8-11-21)16(25)26/h13,19H,3-12,18H2,1-2H3,(H,22,23)(H,25,26). The van der Waals surface area contributed by atoms with Crippen LogP contribution >= 0.6 is 0 Å². The number of hydrogen-bond donors (Lipinski definition) is 4. The summed E-state index contributed by atoms with van der Waals surface area (Å²) in [7, 11) is 1.74. The van der Waals surface area contributed by atoms with Crippen molar-refractivity contribution in [3.63, 3.8) is 0 Å². The maximum atomic E-state index is 12.6. The van der Waals surface area contributed by atoms with Crippen LogP contribution in [0.25, 0.3) is 0 Å². The molecule has 0 aliphatic carbocycles. The fourth-order valence-electron chi connectivity index (χ4n) is 3.18. The Morgan fingerprint density at radius 3 is 2.31 bits per heavy atom. The van der Waals surface area contributed by atoms with Gasteiger partial charge in [0.2, 0.25) is 5.91 Å². The number of hydrogen-bond acceptors (Lipinski definition) is 6. The van der Waals surface area contributed by atoms with Crippen molar-refractivity contribution in [1.82, 2.24) is 15.1 Å². The highest BCUT2D eigenvalue weighted by Crippen LogP contribution is 2.21. The summed E-state index contributed by atoms with van der Waals surface area (Å²) >= 11 is 0. The third-order valence-corrected chi connectivity index (χ3v) is 5.06. The van der Waals surface area contributed by atoms with Crippen molar-refractivity contribution in [1.29, 1.82) is 0 Å². The number of likely N-dealkylation sites (tertiary alicyclic amines) is 1. The number of carboxylic acids is 2. The molecule has 0 aromatic carbocycles. The van der Waals surface area contributed by atoms with E-state index in [2.05, 4.69) is 5.32 Å². The third-order valence-electron chi connectivity index (χ3n) is 5.06. The molecule has 1 fully saturated rings. The zero-order valence-corrected chi connectivity index (χ0v) is 15.7. The largest absolute Gasteiger partial charge is 0.480 e. The molecule has 150 valence electrons. The Bertz CT molecular complexity index is 492. The fourth-order valence-corrected chi connectivity index (χ4v) is 3.18. The quantitative estimate of drug-likeness (QED) is 0.358. The van der Waals surface area contributed by atoms with E-state index >= 15 is 0 Å². The second kappa shape index (κ2) is 10.4. The Kier molecular flexibility index (Phi) is 8.97. The molecule has 9 nitrogen and oxygen atoms in total. The van der Waals surface area contributed by atoms with Crippen LogP contribution in [-0.2, 0) is 14.4 Å². The van der Waals surface area contributed by atoms with Crippen LogP contribution in [0.5, 0.6) is 0 Å². The van der Waals surface area contributed by atoms with E-state index < -0.39 is 17.5 Å². The summed E-state index contributed by atoms with van der Waals surface area (Å²) in [6.45, 7) is 4.02. The number of nitrogens with zero attached hydrogens (tertiary/aromatic N) is 2. The van der Waals surface area contributed by atoms with E-state index in [0.29, 0.717) is 32.6 Å². The maximum absolute atomic E-state index is 12.6. The highest BCUT2D eigenvalue weighted by Gasteiger charge is 2.39. The van der Waals surface area contributed by atoms with Gasteiger partial charge < -0.3 is 26.2 Å². The minimum atomic E-state index is -1.24. The number of piperidine rings is 1. The molecule has 1 atom stereocenters. The molecule has 1 unspecified atom stereocenters. The van der Waals surface area contributed by atoms with Crippen molar-refractivity contribution >= 4 is 17.8 Å². The lowest BCUT2D eigenvalue weighted by Crippen LogP contribution is -2.58. The molecule has 0 radical (unpaired) electrons. The van der Waals surface area contributed by atoms with Crippen LogP contribution in [0, 0.1) is 0 Å². The van der Waals surface area contributed by atoms with Gasteiger partial charge in [-0.2, -0.15) is 0 Å². The first-order valence-electron chi connectivity index (χ1n) is 9.16. The zero-order chi connectivity index (χ0) is 19.7.